The maximum absolute atomic E-state index is 13.9. The molecule has 0 atom stereocenters. The Morgan fingerprint density at radius 3 is 2.25 bits per heavy atom. The number of anilines is 1. The number of nitrogens with zero attached hydrogens (tertiary/aromatic N) is 4. The van der Waals surface area contributed by atoms with Crippen molar-refractivity contribution in [3.8, 4) is 0 Å². The minimum Gasteiger partial charge on any atom is -0.337 e. The van der Waals surface area contributed by atoms with Gasteiger partial charge in [0.15, 0.2) is 0 Å². The number of carbonyl (C=O) groups is 2. The van der Waals surface area contributed by atoms with Gasteiger partial charge in [0.25, 0.3) is 0 Å². The van der Waals surface area contributed by atoms with Crippen molar-refractivity contribution in [2.24, 2.45) is 11.8 Å². The van der Waals surface area contributed by atoms with E-state index in [9.17, 15) is 22.4 Å². The van der Waals surface area contributed by atoms with E-state index < -0.39 is 15.8 Å². The third-order valence-corrected chi connectivity index (χ3v) is 9.67. The van der Waals surface area contributed by atoms with Crippen molar-refractivity contribution in [1.82, 2.24) is 14.1 Å². The van der Waals surface area contributed by atoms with Crippen molar-refractivity contribution in [3.63, 3.8) is 0 Å². The van der Waals surface area contributed by atoms with Crippen LogP contribution < -0.4 is 4.90 Å². The summed E-state index contributed by atoms with van der Waals surface area (Å²) in [7, 11) is -3.75. The zero-order valence-corrected chi connectivity index (χ0v) is 24.6. The van der Waals surface area contributed by atoms with Gasteiger partial charge in [0.1, 0.15) is 5.82 Å². The Bertz CT molecular complexity index is 1280. The Morgan fingerprint density at radius 1 is 0.925 bits per heavy atom. The predicted molar refractivity (Wildman–Crippen MR) is 154 cm³/mol. The molecule has 0 aromatic heterocycles. The Hall–Kier alpha value is -2.82. The topological polar surface area (TPSA) is 81.2 Å². The van der Waals surface area contributed by atoms with Crippen LogP contribution >= 0.6 is 0 Å². The number of hydrogen-bond donors (Lipinski definition) is 0. The number of para-hydroxylation sites is 1. The lowest BCUT2D eigenvalue weighted by Crippen LogP contribution is -2.46. The summed E-state index contributed by atoms with van der Waals surface area (Å²) in [6.45, 7) is 10.5. The summed E-state index contributed by atoms with van der Waals surface area (Å²) >= 11 is 0. The molecular weight excluding hydrogens is 531 g/mol. The molecule has 2 aromatic rings. The number of piperidine rings is 1. The lowest BCUT2D eigenvalue weighted by molar-refractivity contribution is -0.137. The van der Waals surface area contributed by atoms with E-state index in [2.05, 4.69) is 18.7 Å². The van der Waals surface area contributed by atoms with Crippen LogP contribution in [0, 0.1) is 17.7 Å². The number of carbonyl (C=O) groups excluding carboxylic acids is 2. The van der Waals surface area contributed by atoms with Gasteiger partial charge in [0.05, 0.1) is 4.90 Å². The fourth-order valence-electron chi connectivity index (χ4n) is 5.71. The molecule has 2 heterocycles. The maximum Gasteiger partial charge on any atom is 0.243 e. The molecule has 0 N–H and O–H groups in total. The van der Waals surface area contributed by atoms with Crippen LogP contribution in [0.25, 0.3) is 0 Å². The van der Waals surface area contributed by atoms with Gasteiger partial charge in [0, 0.05) is 64.3 Å². The third kappa shape index (κ3) is 7.27. The summed E-state index contributed by atoms with van der Waals surface area (Å²) in [4.78, 5) is 32.7. The van der Waals surface area contributed by atoms with Gasteiger partial charge in [-0.05, 0) is 67.6 Å². The van der Waals surface area contributed by atoms with Crippen LogP contribution in [0.15, 0.2) is 53.4 Å². The normalized spacial score (nSPS) is 18.8. The molecule has 0 saturated carbocycles. The van der Waals surface area contributed by atoms with Gasteiger partial charge < -0.3 is 14.7 Å². The maximum atomic E-state index is 13.9. The fraction of sp³-hybridized carbons (Fsp3) is 0.533. The van der Waals surface area contributed by atoms with Crippen LogP contribution in [0.3, 0.4) is 0 Å². The number of sulfonamides is 1. The molecule has 2 aliphatic heterocycles. The molecule has 218 valence electrons. The quantitative estimate of drug-likeness (QED) is 0.542. The SMILES string of the molecule is CC(=O)N1CCCN(CC(C)C)CCN(C(=O)C2CCN(S(=O)(=O)c3ccc(F)cc3)CC2)Cc2ccccc21. The largest absolute Gasteiger partial charge is 0.337 e. The molecule has 0 spiro atoms. The van der Waals surface area contributed by atoms with Crippen LogP contribution in [-0.4, -0.2) is 80.2 Å². The molecule has 0 radical (unpaired) electrons. The summed E-state index contributed by atoms with van der Waals surface area (Å²) < 4.78 is 40.9. The lowest BCUT2D eigenvalue weighted by Gasteiger charge is -2.35. The number of hydrogen-bond acceptors (Lipinski definition) is 5. The van der Waals surface area contributed by atoms with Crippen molar-refractivity contribution in [2.75, 3.05) is 50.7 Å². The van der Waals surface area contributed by atoms with Crippen LogP contribution in [0.1, 0.15) is 45.6 Å². The number of amides is 2. The summed E-state index contributed by atoms with van der Waals surface area (Å²) in [5.41, 5.74) is 1.77. The summed E-state index contributed by atoms with van der Waals surface area (Å²) in [5.74, 6) is -0.303. The molecule has 10 heteroatoms. The van der Waals surface area contributed by atoms with Gasteiger partial charge in [0.2, 0.25) is 21.8 Å². The van der Waals surface area contributed by atoms with E-state index in [1.165, 1.54) is 16.4 Å². The van der Waals surface area contributed by atoms with Crippen LogP contribution in [-0.2, 0) is 26.2 Å². The molecule has 8 nitrogen and oxygen atoms in total. The van der Waals surface area contributed by atoms with Crippen molar-refractivity contribution in [2.45, 2.75) is 51.5 Å². The minimum atomic E-state index is -3.75. The van der Waals surface area contributed by atoms with E-state index in [-0.39, 0.29) is 35.7 Å². The van der Waals surface area contributed by atoms with E-state index >= 15 is 0 Å². The molecule has 0 aliphatic carbocycles. The first-order valence-corrected chi connectivity index (χ1v) is 15.6. The Labute approximate surface area is 237 Å². The summed E-state index contributed by atoms with van der Waals surface area (Å²) in [6, 6.07) is 12.6. The van der Waals surface area contributed by atoms with Gasteiger partial charge in [-0.2, -0.15) is 4.31 Å². The van der Waals surface area contributed by atoms with E-state index in [1.807, 2.05) is 34.1 Å². The third-order valence-electron chi connectivity index (χ3n) is 7.76. The summed E-state index contributed by atoms with van der Waals surface area (Å²) in [6.07, 6.45) is 1.69. The van der Waals surface area contributed by atoms with E-state index in [0.717, 1.165) is 49.4 Å². The van der Waals surface area contributed by atoms with Crippen molar-refractivity contribution < 1.29 is 22.4 Å². The lowest BCUT2D eigenvalue weighted by atomic mass is 9.96. The highest BCUT2D eigenvalue weighted by Gasteiger charge is 2.34. The van der Waals surface area contributed by atoms with Crippen molar-refractivity contribution >= 4 is 27.5 Å². The smallest absolute Gasteiger partial charge is 0.243 e. The molecule has 2 amide bonds. The van der Waals surface area contributed by atoms with Crippen molar-refractivity contribution in [1.29, 1.82) is 0 Å². The van der Waals surface area contributed by atoms with Gasteiger partial charge in [-0.25, -0.2) is 12.8 Å². The Morgan fingerprint density at radius 2 is 1.60 bits per heavy atom. The molecule has 1 fully saturated rings. The zero-order valence-electron chi connectivity index (χ0n) is 23.8. The molecule has 40 heavy (non-hydrogen) atoms. The first kappa shape index (κ1) is 30.1. The predicted octanol–water partition coefficient (Wildman–Crippen LogP) is 3.97. The van der Waals surface area contributed by atoms with Crippen molar-refractivity contribution in [3.05, 3.63) is 59.9 Å². The highest BCUT2D eigenvalue weighted by Crippen LogP contribution is 2.28. The average Bonchev–Trinajstić information content (AvgIpc) is 2.96. The molecule has 2 aliphatic rings. The van der Waals surface area contributed by atoms with Crippen LogP contribution in [0.5, 0.6) is 0 Å². The van der Waals surface area contributed by atoms with Gasteiger partial charge >= 0.3 is 0 Å². The highest BCUT2D eigenvalue weighted by atomic mass is 32.2. The highest BCUT2D eigenvalue weighted by molar-refractivity contribution is 7.89. The second-order valence-corrected chi connectivity index (χ2v) is 13.2. The molecule has 0 bridgehead atoms. The zero-order chi connectivity index (χ0) is 28.9. The molecule has 2 aromatic carbocycles. The van der Waals surface area contributed by atoms with E-state index in [0.29, 0.717) is 38.4 Å². The van der Waals surface area contributed by atoms with Gasteiger partial charge in [-0.3, -0.25) is 9.59 Å². The molecular formula is C30H41FN4O4S. The minimum absolute atomic E-state index is 0.0188. The van der Waals surface area contributed by atoms with E-state index in [1.54, 1.807) is 6.92 Å². The number of rotatable bonds is 5. The average molecular weight is 573 g/mol. The Balaban J connectivity index is 1.53. The van der Waals surface area contributed by atoms with E-state index in [4.69, 9.17) is 0 Å². The molecule has 4 rings (SSSR count). The number of fused-ring (bicyclic) bond motifs is 1. The standard InChI is InChI=1S/C30H41FN4O4S/c1-23(2)21-32-15-6-16-35(24(3)36)29-8-5-4-7-26(29)22-33(20-19-32)30(37)25-13-17-34(18-14-25)40(38,39)28-11-9-27(31)10-12-28/h4-5,7-12,23,25H,6,13-22H2,1-3H3. The monoisotopic (exact) mass is 572 g/mol. The first-order chi connectivity index (χ1) is 19.1. The van der Waals surface area contributed by atoms with Gasteiger partial charge in [-0.15, -0.1) is 0 Å². The Kier molecular flexibility index (Phi) is 9.97. The van der Waals surface area contributed by atoms with Gasteiger partial charge in [-0.1, -0.05) is 32.0 Å². The van der Waals surface area contributed by atoms with Crippen LogP contribution in [0.4, 0.5) is 10.1 Å². The van der Waals surface area contributed by atoms with Crippen LogP contribution in [0.2, 0.25) is 0 Å². The second-order valence-electron chi connectivity index (χ2n) is 11.2. The first-order valence-electron chi connectivity index (χ1n) is 14.2. The molecule has 1 saturated heterocycles. The molecule has 0 unspecified atom stereocenters. The number of halogens is 1. The number of benzene rings is 2. The second kappa shape index (κ2) is 13.2. The summed E-state index contributed by atoms with van der Waals surface area (Å²) in [5, 5.41) is 0. The fourth-order valence-corrected chi connectivity index (χ4v) is 7.18.